The van der Waals surface area contributed by atoms with Gasteiger partial charge in [0.15, 0.2) is 23.0 Å². The second kappa shape index (κ2) is 4.87. The molecule has 0 aliphatic heterocycles. The molecule has 0 amide bonds. The van der Waals surface area contributed by atoms with Gasteiger partial charge in [0.1, 0.15) is 11.5 Å². The lowest BCUT2D eigenvalue weighted by molar-refractivity contribution is 0.403. The minimum absolute atomic E-state index is 0.854. The van der Waals surface area contributed by atoms with Crippen LogP contribution in [0.25, 0.3) is 6.08 Å². The van der Waals surface area contributed by atoms with Gasteiger partial charge in [-0.05, 0) is 42.2 Å². The lowest BCUT2D eigenvalue weighted by atomic mass is 9.92. The van der Waals surface area contributed by atoms with E-state index in [1.54, 1.807) is 7.11 Å². The number of thiol groups is 1. The minimum Gasteiger partial charge on any atom is -0.496 e. The summed E-state index contributed by atoms with van der Waals surface area (Å²) in [6, 6.07) is 2.07. The molecule has 1 aliphatic rings. The third-order valence-electron chi connectivity index (χ3n) is 2.91. The van der Waals surface area contributed by atoms with Gasteiger partial charge in [-0.2, -0.15) is 0 Å². The number of hydrogen-bond donors (Lipinski definition) is 1. The van der Waals surface area contributed by atoms with Crippen molar-refractivity contribution in [2.24, 2.45) is 0 Å². The van der Waals surface area contributed by atoms with E-state index in [4.69, 9.17) is 7.80 Å². The Bertz CT molecular complexity index is 455. The Balaban J connectivity index is 2.58. The second-order valence-electron chi connectivity index (χ2n) is 3.81. The first kappa shape index (κ1) is 12.1. The molecule has 1 aromatic rings. The molecule has 0 atom stereocenters. The van der Waals surface area contributed by atoms with Crippen molar-refractivity contribution in [3.63, 3.8) is 0 Å². The zero-order valence-corrected chi connectivity index (χ0v) is 12.3. The number of methoxy groups -OCH3 is 1. The maximum absolute atomic E-state index is 5.32. The highest BCUT2D eigenvalue weighted by molar-refractivity contribution is 14.1. The van der Waals surface area contributed by atoms with Crippen molar-refractivity contribution in [3.8, 4) is 5.75 Å². The van der Waals surface area contributed by atoms with Gasteiger partial charge in [-0.3, -0.25) is 0 Å². The van der Waals surface area contributed by atoms with Gasteiger partial charge < -0.3 is 7.80 Å². The largest absolute Gasteiger partial charge is 0.496 e. The van der Waals surface area contributed by atoms with Crippen LogP contribution in [-0.2, 0) is 9.49 Å². The van der Waals surface area contributed by atoms with Crippen molar-refractivity contribution in [1.29, 1.82) is 0 Å². The van der Waals surface area contributed by atoms with Crippen molar-refractivity contribution in [2.75, 3.05) is 7.11 Å². The Morgan fingerprint density at radius 2 is 2.12 bits per heavy atom. The number of fused-ring (bicyclic) bond motifs is 1. The Kier molecular flexibility index (Phi) is 3.69. The molecule has 0 bridgehead atoms. The molecule has 2 rings (SSSR count). The van der Waals surface area contributed by atoms with Crippen molar-refractivity contribution in [1.82, 2.24) is 0 Å². The summed E-state index contributed by atoms with van der Waals surface area (Å²) in [5.41, 5.74) is 3.69. The molecule has 0 radical (unpaired) electrons. The highest BCUT2D eigenvalue weighted by Crippen LogP contribution is 2.36. The highest BCUT2D eigenvalue weighted by atomic mass is 127. The molecule has 1 aromatic carbocycles. The van der Waals surface area contributed by atoms with Gasteiger partial charge in [-0.25, -0.2) is 0 Å². The highest BCUT2D eigenvalue weighted by Gasteiger charge is 2.17. The van der Waals surface area contributed by atoms with Gasteiger partial charge in [-0.15, -0.1) is 12.6 Å². The van der Waals surface area contributed by atoms with Crippen LogP contribution in [0.3, 0.4) is 0 Å². The molecular weight excluding hydrogens is 335 g/mol. The van der Waals surface area contributed by atoms with E-state index in [9.17, 15) is 0 Å². The number of aryl methyl sites for hydroxylation is 1. The molecule has 0 heterocycles. The molecule has 16 heavy (non-hydrogen) atoms. The molecule has 0 saturated carbocycles. The predicted octanol–water partition coefficient (Wildman–Crippen LogP) is 3.95. The lowest BCUT2D eigenvalue weighted by Gasteiger charge is -2.19. The van der Waals surface area contributed by atoms with Gasteiger partial charge in [0, 0.05) is 11.3 Å². The smallest absolute Gasteiger partial charge is 0.192 e. The number of rotatable bonds is 2. The molecule has 0 N–H and O–H groups in total. The van der Waals surface area contributed by atoms with E-state index in [2.05, 4.69) is 31.7 Å². The standard InChI is InChI=1S/C12H13IO2S/c1-7-10-6-9(15-13)4-3-8(10)5-11(14-2)12(7)16/h5-6,16H,3-4H2,1-2H3. The number of benzene rings is 1. The molecule has 1 aliphatic carbocycles. The van der Waals surface area contributed by atoms with E-state index in [0.29, 0.717) is 0 Å². The molecule has 0 unspecified atom stereocenters. The molecule has 86 valence electrons. The Hall–Kier alpha value is -0.360. The predicted molar refractivity (Wildman–Crippen MR) is 76.4 cm³/mol. The number of halogens is 1. The maximum Gasteiger partial charge on any atom is 0.192 e. The van der Waals surface area contributed by atoms with Gasteiger partial charge in [-0.1, -0.05) is 0 Å². The fraction of sp³-hybridized carbons (Fsp3) is 0.333. The first-order chi connectivity index (χ1) is 7.67. The Morgan fingerprint density at radius 1 is 1.38 bits per heavy atom. The summed E-state index contributed by atoms with van der Waals surface area (Å²) in [6.45, 7) is 2.07. The first-order valence-electron chi connectivity index (χ1n) is 5.06. The fourth-order valence-corrected chi connectivity index (χ4v) is 2.60. The van der Waals surface area contributed by atoms with Crippen molar-refractivity contribution < 1.29 is 7.80 Å². The summed E-state index contributed by atoms with van der Waals surface area (Å²) in [6.07, 6.45) is 4.04. The molecule has 0 saturated heterocycles. The van der Waals surface area contributed by atoms with Crippen molar-refractivity contribution in [2.45, 2.75) is 24.7 Å². The second-order valence-corrected chi connectivity index (χ2v) is 4.70. The molecule has 0 spiro atoms. The number of ether oxygens (including phenoxy) is 1. The summed E-state index contributed by atoms with van der Waals surface area (Å²) >= 11 is 6.42. The van der Waals surface area contributed by atoms with Crippen LogP contribution in [0.15, 0.2) is 16.7 Å². The van der Waals surface area contributed by atoms with Crippen LogP contribution in [0.2, 0.25) is 0 Å². The van der Waals surface area contributed by atoms with Crippen LogP contribution >= 0.6 is 35.6 Å². The molecule has 2 nitrogen and oxygen atoms in total. The van der Waals surface area contributed by atoms with E-state index in [1.165, 1.54) is 11.1 Å². The third-order valence-corrected chi connectivity index (χ3v) is 4.03. The van der Waals surface area contributed by atoms with Crippen LogP contribution in [0.4, 0.5) is 0 Å². The van der Waals surface area contributed by atoms with E-state index < -0.39 is 0 Å². The quantitative estimate of drug-likeness (QED) is 0.645. The van der Waals surface area contributed by atoms with Crippen LogP contribution in [0.1, 0.15) is 23.1 Å². The normalized spacial score (nSPS) is 14.1. The summed E-state index contributed by atoms with van der Waals surface area (Å²) in [4.78, 5) is 0.909. The Morgan fingerprint density at radius 3 is 2.75 bits per heavy atom. The molecule has 0 fully saturated rings. The average molecular weight is 348 g/mol. The average Bonchev–Trinajstić information content (AvgIpc) is 2.33. The third kappa shape index (κ3) is 2.05. The van der Waals surface area contributed by atoms with Crippen LogP contribution in [0.5, 0.6) is 5.75 Å². The summed E-state index contributed by atoms with van der Waals surface area (Å²) in [7, 11) is 1.68. The Labute approximate surface area is 115 Å². The van der Waals surface area contributed by atoms with Gasteiger partial charge in [0.2, 0.25) is 0 Å². The topological polar surface area (TPSA) is 18.5 Å². The molecule has 4 heteroatoms. The minimum atomic E-state index is 0.854. The van der Waals surface area contributed by atoms with E-state index >= 15 is 0 Å². The van der Waals surface area contributed by atoms with Crippen LogP contribution < -0.4 is 4.74 Å². The van der Waals surface area contributed by atoms with E-state index in [1.807, 2.05) is 23.0 Å². The number of allylic oxidation sites excluding steroid dienone is 1. The lowest BCUT2D eigenvalue weighted by Crippen LogP contribution is -2.03. The molecular formula is C12H13IO2S. The van der Waals surface area contributed by atoms with Crippen LogP contribution in [0, 0.1) is 6.92 Å². The van der Waals surface area contributed by atoms with Gasteiger partial charge in [0.25, 0.3) is 0 Å². The van der Waals surface area contributed by atoms with Gasteiger partial charge >= 0.3 is 0 Å². The summed E-state index contributed by atoms with van der Waals surface area (Å²) < 4.78 is 10.6. The van der Waals surface area contributed by atoms with Crippen molar-refractivity contribution in [3.05, 3.63) is 28.5 Å². The summed E-state index contributed by atoms with van der Waals surface area (Å²) in [5.74, 6) is 1.88. The van der Waals surface area contributed by atoms with Gasteiger partial charge in [0.05, 0.1) is 7.11 Å². The molecule has 0 aromatic heterocycles. The summed E-state index contributed by atoms with van der Waals surface area (Å²) in [5, 5.41) is 0. The fourth-order valence-electron chi connectivity index (χ4n) is 1.97. The SMILES string of the molecule is COc1cc2c(c(C)c1S)C=C(OI)CC2. The van der Waals surface area contributed by atoms with E-state index in [-0.39, 0.29) is 0 Å². The zero-order valence-electron chi connectivity index (χ0n) is 9.21. The monoisotopic (exact) mass is 348 g/mol. The first-order valence-corrected chi connectivity index (χ1v) is 6.38. The van der Waals surface area contributed by atoms with Crippen molar-refractivity contribution >= 4 is 41.7 Å². The van der Waals surface area contributed by atoms with Crippen LogP contribution in [-0.4, -0.2) is 7.11 Å². The zero-order chi connectivity index (χ0) is 11.7. The maximum atomic E-state index is 5.32. The number of hydrogen-bond acceptors (Lipinski definition) is 3. The van der Waals surface area contributed by atoms with E-state index in [0.717, 1.165) is 34.8 Å².